The zero-order valence-corrected chi connectivity index (χ0v) is 12.0. The van der Waals surface area contributed by atoms with Crippen molar-refractivity contribution in [2.24, 2.45) is 7.05 Å². The summed E-state index contributed by atoms with van der Waals surface area (Å²) in [6.07, 6.45) is 0. The number of nitrogens with zero attached hydrogens (tertiary/aromatic N) is 2. The van der Waals surface area contributed by atoms with Gasteiger partial charge in [0, 0.05) is 37.1 Å². The van der Waals surface area contributed by atoms with Crippen LogP contribution in [0.15, 0.2) is 6.07 Å². The number of nitrogens with one attached hydrogen (secondary N) is 1. The maximum absolute atomic E-state index is 12.4. The highest BCUT2D eigenvalue weighted by Gasteiger charge is 2.27. The summed E-state index contributed by atoms with van der Waals surface area (Å²) in [5.74, 6) is 0.0859. The van der Waals surface area contributed by atoms with Crippen molar-refractivity contribution >= 4 is 11.7 Å². The van der Waals surface area contributed by atoms with Gasteiger partial charge >= 0.3 is 0 Å². The van der Waals surface area contributed by atoms with Crippen molar-refractivity contribution in [3.8, 4) is 0 Å². The van der Waals surface area contributed by atoms with Gasteiger partial charge in [0.1, 0.15) is 0 Å². The van der Waals surface area contributed by atoms with Crippen LogP contribution < -0.4 is 5.32 Å². The number of ketones is 1. The average molecular weight is 263 g/mol. The van der Waals surface area contributed by atoms with E-state index in [0.717, 1.165) is 23.5 Å². The number of Topliss-reactive ketones (excluding diaryl/α,β-unsaturated/α-hetero) is 1. The number of hydrogen-bond donors (Lipinski definition) is 1. The molecule has 5 nitrogen and oxygen atoms in total. The number of carbonyl (C=O) groups is 2. The lowest BCUT2D eigenvalue weighted by atomic mass is 10.1. The molecule has 19 heavy (non-hydrogen) atoms. The van der Waals surface area contributed by atoms with Crippen LogP contribution in [0, 0.1) is 13.8 Å². The topological polar surface area (TPSA) is 54.3 Å². The van der Waals surface area contributed by atoms with Crippen LogP contribution in [0.5, 0.6) is 0 Å². The molecule has 1 aliphatic rings. The number of piperazine rings is 1. The second-order valence-electron chi connectivity index (χ2n) is 5.20. The molecule has 1 aromatic rings. The summed E-state index contributed by atoms with van der Waals surface area (Å²) in [5.41, 5.74) is 2.82. The highest BCUT2D eigenvalue weighted by atomic mass is 16.2. The Hall–Kier alpha value is -1.62. The van der Waals surface area contributed by atoms with Gasteiger partial charge in [0.15, 0.2) is 5.78 Å². The molecule has 0 bridgehead atoms. The Bertz CT molecular complexity index is 519. The van der Waals surface area contributed by atoms with Gasteiger partial charge in [-0.1, -0.05) is 0 Å². The Kier molecular flexibility index (Phi) is 3.75. The molecule has 2 rings (SSSR count). The van der Waals surface area contributed by atoms with E-state index in [1.807, 2.05) is 43.4 Å². The Morgan fingerprint density at radius 2 is 2.16 bits per heavy atom. The number of rotatable bonds is 3. The molecule has 5 heteroatoms. The number of amides is 1. The normalized spacial score (nSPS) is 20.4. The Morgan fingerprint density at radius 1 is 1.47 bits per heavy atom. The molecule has 1 aliphatic heterocycles. The smallest absolute Gasteiger partial charge is 0.237 e. The first kappa shape index (κ1) is 13.8. The second kappa shape index (κ2) is 5.17. The highest BCUT2D eigenvalue weighted by molar-refractivity contribution is 5.99. The van der Waals surface area contributed by atoms with E-state index in [2.05, 4.69) is 5.32 Å². The largest absolute Gasteiger partial charge is 0.353 e. The number of aryl methyl sites for hydroxylation is 1. The van der Waals surface area contributed by atoms with E-state index in [1.54, 1.807) is 0 Å². The molecule has 104 valence electrons. The van der Waals surface area contributed by atoms with Crippen molar-refractivity contribution in [3.05, 3.63) is 23.0 Å². The monoisotopic (exact) mass is 263 g/mol. The Labute approximate surface area is 113 Å². The number of carbonyl (C=O) groups excluding carboxylic acids is 2. The SMILES string of the molecule is Cc1cc(C(=O)CN2CCNC(=O)C2C)c(C)n1C. The third-order valence-electron chi connectivity index (χ3n) is 4.05. The zero-order valence-electron chi connectivity index (χ0n) is 12.0. The van der Waals surface area contributed by atoms with Gasteiger partial charge in [-0.2, -0.15) is 0 Å². The van der Waals surface area contributed by atoms with Gasteiger partial charge < -0.3 is 9.88 Å². The fraction of sp³-hybridized carbons (Fsp3) is 0.571. The summed E-state index contributed by atoms with van der Waals surface area (Å²) in [6, 6.07) is 1.69. The van der Waals surface area contributed by atoms with Crippen LogP contribution in [0.2, 0.25) is 0 Å². The predicted molar refractivity (Wildman–Crippen MR) is 73.3 cm³/mol. The van der Waals surface area contributed by atoms with E-state index >= 15 is 0 Å². The van der Waals surface area contributed by atoms with E-state index in [0.29, 0.717) is 13.1 Å². The Balaban J connectivity index is 2.12. The standard InChI is InChI=1S/C14H21N3O2/c1-9-7-12(10(2)16(9)4)13(18)8-17-6-5-15-14(19)11(17)3/h7,11H,5-6,8H2,1-4H3,(H,15,19). The van der Waals surface area contributed by atoms with E-state index < -0.39 is 0 Å². The third kappa shape index (κ3) is 2.56. The average Bonchev–Trinajstić information content (AvgIpc) is 2.63. The summed E-state index contributed by atoms with van der Waals surface area (Å²) < 4.78 is 2.01. The molecular weight excluding hydrogens is 242 g/mol. The van der Waals surface area contributed by atoms with Gasteiger partial charge in [-0.3, -0.25) is 14.5 Å². The summed E-state index contributed by atoms with van der Waals surface area (Å²) in [5, 5.41) is 2.80. The molecule has 0 saturated carbocycles. The van der Waals surface area contributed by atoms with Gasteiger partial charge in [0.25, 0.3) is 0 Å². The summed E-state index contributed by atoms with van der Waals surface area (Å²) in [7, 11) is 1.96. The lowest BCUT2D eigenvalue weighted by Gasteiger charge is -2.32. The zero-order chi connectivity index (χ0) is 14.2. The summed E-state index contributed by atoms with van der Waals surface area (Å²) in [4.78, 5) is 25.9. The molecule has 1 amide bonds. The van der Waals surface area contributed by atoms with E-state index in [1.165, 1.54) is 0 Å². The molecule has 1 fully saturated rings. The molecule has 0 aromatic carbocycles. The second-order valence-corrected chi connectivity index (χ2v) is 5.20. The third-order valence-corrected chi connectivity index (χ3v) is 4.05. The molecule has 1 saturated heterocycles. The number of aromatic nitrogens is 1. The van der Waals surface area contributed by atoms with Gasteiger partial charge in [0.05, 0.1) is 12.6 Å². The lowest BCUT2D eigenvalue weighted by molar-refractivity contribution is -0.127. The van der Waals surface area contributed by atoms with Crippen LogP contribution in [0.4, 0.5) is 0 Å². The van der Waals surface area contributed by atoms with E-state index in [4.69, 9.17) is 0 Å². The van der Waals surface area contributed by atoms with Gasteiger partial charge in [-0.25, -0.2) is 0 Å². The molecule has 1 N–H and O–H groups in total. The first-order valence-corrected chi connectivity index (χ1v) is 6.59. The molecule has 1 unspecified atom stereocenters. The molecule has 1 aromatic heterocycles. The van der Waals surface area contributed by atoms with Crippen LogP contribution in [-0.4, -0.2) is 46.8 Å². The number of hydrogen-bond acceptors (Lipinski definition) is 3. The fourth-order valence-corrected chi connectivity index (χ4v) is 2.45. The van der Waals surface area contributed by atoms with Crippen molar-refractivity contribution in [2.75, 3.05) is 19.6 Å². The highest BCUT2D eigenvalue weighted by Crippen LogP contribution is 2.15. The maximum Gasteiger partial charge on any atom is 0.237 e. The van der Waals surface area contributed by atoms with Gasteiger partial charge in [-0.05, 0) is 26.8 Å². The fourth-order valence-electron chi connectivity index (χ4n) is 2.45. The van der Waals surface area contributed by atoms with Crippen LogP contribution >= 0.6 is 0 Å². The van der Waals surface area contributed by atoms with Gasteiger partial charge in [-0.15, -0.1) is 0 Å². The molecule has 0 aliphatic carbocycles. The van der Waals surface area contributed by atoms with Crippen molar-refractivity contribution in [1.29, 1.82) is 0 Å². The van der Waals surface area contributed by atoms with Crippen molar-refractivity contribution < 1.29 is 9.59 Å². The van der Waals surface area contributed by atoms with Crippen LogP contribution in [0.3, 0.4) is 0 Å². The molecule has 0 radical (unpaired) electrons. The van der Waals surface area contributed by atoms with Crippen molar-refractivity contribution in [3.63, 3.8) is 0 Å². The molecule has 0 spiro atoms. The predicted octanol–water partition coefficient (Wildman–Crippen LogP) is 0.645. The minimum atomic E-state index is -0.234. The first-order valence-electron chi connectivity index (χ1n) is 6.59. The first-order chi connectivity index (χ1) is 8.91. The summed E-state index contributed by atoms with van der Waals surface area (Å²) >= 11 is 0. The van der Waals surface area contributed by atoms with Gasteiger partial charge in [0.2, 0.25) is 5.91 Å². The molecular formula is C14H21N3O2. The maximum atomic E-state index is 12.4. The minimum Gasteiger partial charge on any atom is -0.353 e. The van der Waals surface area contributed by atoms with Crippen molar-refractivity contribution in [1.82, 2.24) is 14.8 Å². The van der Waals surface area contributed by atoms with Crippen LogP contribution in [0.25, 0.3) is 0 Å². The van der Waals surface area contributed by atoms with Crippen molar-refractivity contribution in [2.45, 2.75) is 26.8 Å². The quantitative estimate of drug-likeness (QED) is 0.815. The van der Waals surface area contributed by atoms with E-state index in [9.17, 15) is 9.59 Å². The summed E-state index contributed by atoms with van der Waals surface area (Å²) in [6.45, 7) is 7.42. The van der Waals surface area contributed by atoms with Crippen LogP contribution in [0.1, 0.15) is 28.7 Å². The minimum absolute atomic E-state index is 0.0000131. The Morgan fingerprint density at radius 3 is 2.74 bits per heavy atom. The lowest BCUT2D eigenvalue weighted by Crippen LogP contribution is -2.55. The molecule has 2 heterocycles. The van der Waals surface area contributed by atoms with E-state index in [-0.39, 0.29) is 17.7 Å². The molecule has 1 atom stereocenters. The van der Waals surface area contributed by atoms with Crippen LogP contribution in [-0.2, 0) is 11.8 Å².